The number of aromatic nitrogens is 5. The predicted octanol–water partition coefficient (Wildman–Crippen LogP) is 3.87. The molecule has 1 aromatic carbocycles. The third-order valence-electron chi connectivity index (χ3n) is 5.41. The molecule has 4 heterocycles. The summed E-state index contributed by atoms with van der Waals surface area (Å²) in [5.74, 6) is 0.850. The van der Waals surface area contributed by atoms with Crippen LogP contribution in [-0.2, 0) is 0 Å². The summed E-state index contributed by atoms with van der Waals surface area (Å²) < 4.78 is 1.87. The minimum absolute atomic E-state index is 0.00495. The molecule has 1 N–H and O–H groups in total. The zero-order valence-electron chi connectivity index (χ0n) is 16.0. The Balaban J connectivity index is 1.47. The number of nitrogens with one attached hydrogen (secondary N) is 1. The van der Waals surface area contributed by atoms with Crippen LogP contribution in [-0.4, -0.2) is 42.1 Å². The van der Waals surface area contributed by atoms with Crippen LogP contribution < -0.4 is 0 Å². The number of pyridine rings is 1. The first-order valence-electron chi connectivity index (χ1n) is 9.70. The fourth-order valence-electron chi connectivity index (χ4n) is 4.03. The number of likely N-dealkylation sites (tertiary alicyclic amines) is 1. The average molecular weight is 374 g/mol. The number of fused-ring (bicyclic) bond motifs is 2. The lowest BCUT2D eigenvalue weighted by Crippen LogP contribution is -2.31. The van der Waals surface area contributed by atoms with E-state index in [9.17, 15) is 4.79 Å². The Hall–Kier alpha value is -3.22. The minimum Gasteiger partial charge on any atom is -0.340 e. The van der Waals surface area contributed by atoms with Gasteiger partial charge in [0.1, 0.15) is 5.82 Å². The second kappa shape index (κ2) is 6.44. The number of imidazole rings is 1. The van der Waals surface area contributed by atoms with E-state index in [4.69, 9.17) is 4.98 Å². The molecular weight excluding hydrogens is 352 g/mol. The zero-order chi connectivity index (χ0) is 19.3. The van der Waals surface area contributed by atoms with Gasteiger partial charge in [0.25, 0.3) is 5.91 Å². The largest absolute Gasteiger partial charge is 0.340 e. The summed E-state index contributed by atoms with van der Waals surface area (Å²) in [5.41, 5.74) is 3.34. The van der Waals surface area contributed by atoms with E-state index in [0.717, 1.165) is 47.3 Å². The smallest absolute Gasteiger partial charge is 0.256 e. The molecule has 1 aliphatic heterocycles. The molecule has 0 saturated carbocycles. The van der Waals surface area contributed by atoms with Gasteiger partial charge in [-0.25, -0.2) is 14.6 Å². The predicted molar refractivity (Wildman–Crippen MR) is 107 cm³/mol. The summed E-state index contributed by atoms with van der Waals surface area (Å²) in [4.78, 5) is 27.8. The van der Waals surface area contributed by atoms with Gasteiger partial charge >= 0.3 is 0 Å². The monoisotopic (exact) mass is 374 g/mol. The molecule has 1 fully saturated rings. The molecule has 0 aliphatic carbocycles. The van der Waals surface area contributed by atoms with Crippen LogP contribution in [0.4, 0.5) is 0 Å². The molecule has 0 unspecified atom stereocenters. The fraction of sp³-hybridized carbons (Fsp3) is 0.333. The molecule has 0 bridgehead atoms. The number of carbonyl (C=O) groups is 1. The van der Waals surface area contributed by atoms with Crippen LogP contribution in [0.2, 0.25) is 0 Å². The molecule has 0 radical (unpaired) electrons. The van der Waals surface area contributed by atoms with Gasteiger partial charge < -0.3 is 9.88 Å². The Bertz CT molecular complexity index is 1140. The molecule has 1 aliphatic rings. The first-order chi connectivity index (χ1) is 13.6. The van der Waals surface area contributed by atoms with Crippen molar-refractivity contribution in [1.29, 1.82) is 0 Å². The summed E-state index contributed by atoms with van der Waals surface area (Å²) in [6.45, 7) is 4.86. The number of hydrogen-bond acceptors (Lipinski definition) is 4. The quantitative estimate of drug-likeness (QED) is 0.590. The normalized spacial score (nSPS) is 17.2. The standard InChI is InChI=1S/C21H22N6O/c1-13(2)27-20-14(12-23-27)10-15(11-22-20)21(28)26-9-5-8-18(26)19-24-16-6-3-4-7-17(16)25-19/h3-4,6-7,10-13,18H,5,8-9H2,1-2H3,(H,24,25)/t18-/m0/s1. The maximum absolute atomic E-state index is 13.2. The molecule has 3 aromatic heterocycles. The maximum Gasteiger partial charge on any atom is 0.256 e. The number of para-hydroxylation sites is 2. The Morgan fingerprint density at radius 2 is 2.11 bits per heavy atom. The average Bonchev–Trinajstić information content (AvgIpc) is 3.43. The highest BCUT2D eigenvalue weighted by Crippen LogP contribution is 2.33. The zero-order valence-corrected chi connectivity index (χ0v) is 16.0. The van der Waals surface area contributed by atoms with E-state index in [-0.39, 0.29) is 18.0 Å². The van der Waals surface area contributed by atoms with E-state index in [1.54, 1.807) is 12.4 Å². The molecule has 7 nitrogen and oxygen atoms in total. The lowest BCUT2D eigenvalue weighted by Gasteiger charge is -2.23. The third-order valence-corrected chi connectivity index (χ3v) is 5.41. The van der Waals surface area contributed by atoms with Crippen molar-refractivity contribution in [3.63, 3.8) is 0 Å². The van der Waals surface area contributed by atoms with E-state index in [1.165, 1.54) is 0 Å². The van der Waals surface area contributed by atoms with Crippen molar-refractivity contribution in [3.8, 4) is 0 Å². The van der Waals surface area contributed by atoms with E-state index >= 15 is 0 Å². The van der Waals surface area contributed by atoms with Crippen molar-refractivity contribution >= 4 is 28.0 Å². The summed E-state index contributed by atoms with van der Waals surface area (Å²) >= 11 is 0. The fourth-order valence-corrected chi connectivity index (χ4v) is 4.03. The van der Waals surface area contributed by atoms with E-state index in [1.807, 2.05) is 39.9 Å². The van der Waals surface area contributed by atoms with Gasteiger partial charge in [0.2, 0.25) is 0 Å². The number of amides is 1. The van der Waals surface area contributed by atoms with Crippen molar-refractivity contribution in [2.24, 2.45) is 0 Å². The molecular formula is C21H22N6O. The number of rotatable bonds is 3. The van der Waals surface area contributed by atoms with Gasteiger partial charge in [0, 0.05) is 24.2 Å². The van der Waals surface area contributed by atoms with Crippen LogP contribution in [0, 0.1) is 0 Å². The molecule has 0 spiro atoms. The number of aromatic amines is 1. The van der Waals surface area contributed by atoms with Crippen molar-refractivity contribution in [2.45, 2.75) is 38.8 Å². The first-order valence-corrected chi connectivity index (χ1v) is 9.70. The minimum atomic E-state index is -0.0333. The Morgan fingerprint density at radius 1 is 1.25 bits per heavy atom. The number of carbonyl (C=O) groups excluding carboxylic acids is 1. The van der Waals surface area contributed by atoms with Crippen LogP contribution >= 0.6 is 0 Å². The van der Waals surface area contributed by atoms with E-state index in [2.05, 4.69) is 28.9 Å². The Kier molecular flexibility index (Phi) is 3.89. The van der Waals surface area contributed by atoms with Gasteiger partial charge in [0.15, 0.2) is 5.65 Å². The molecule has 1 atom stereocenters. The van der Waals surface area contributed by atoms with Crippen molar-refractivity contribution in [2.75, 3.05) is 6.54 Å². The van der Waals surface area contributed by atoms with Crippen LogP contribution in [0.3, 0.4) is 0 Å². The second-order valence-electron chi connectivity index (χ2n) is 7.62. The van der Waals surface area contributed by atoms with Gasteiger partial charge in [-0.15, -0.1) is 0 Å². The second-order valence-corrected chi connectivity index (χ2v) is 7.62. The summed E-state index contributed by atoms with van der Waals surface area (Å²) in [7, 11) is 0. The van der Waals surface area contributed by atoms with Gasteiger partial charge in [-0.2, -0.15) is 5.10 Å². The number of nitrogens with zero attached hydrogens (tertiary/aromatic N) is 5. The first kappa shape index (κ1) is 16.9. The lowest BCUT2D eigenvalue weighted by atomic mass is 10.1. The summed E-state index contributed by atoms with van der Waals surface area (Å²) in [6.07, 6.45) is 5.32. The van der Waals surface area contributed by atoms with Crippen molar-refractivity contribution in [3.05, 3.63) is 54.1 Å². The highest BCUT2D eigenvalue weighted by molar-refractivity contribution is 5.97. The van der Waals surface area contributed by atoms with E-state index in [0.29, 0.717) is 5.56 Å². The van der Waals surface area contributed by atoms with Crippen LogP contribution in [0.25, 0.3) is 22.1 Å². The number of H-pyrrole nitrogens is 1. The SMILES string of the molecule is CC(C)n1ncc2cc(C(=O)N3CCC[C@H]3c3nc4ccccc4[nH]3)cnc21. The van der Waals surface area contributed by atoms with Crippen LogP contribution in [0.1, 0.15) is 55.0 Å². The molecule has 5 rings (SSSR count). The maximum atomic E-state index is 13.2. The highest BCUT2D eigenvalue weighted by atomic mass is 16.2. The Labute approximate surface area is 162 Å². The molecule has 1 saturated heterocycles. The van der Waals surface area contributed by atoms with E-state index < -0.39 is 0 Å². The van der Waals surface area contributed by atoms with Gasteiger partial charge in [-0.1, -0.05) is 12.1 Å². The summed E-state index contributed by atoms with van der Waals surface area (Å²) in [6, 6.07) is 10.0. The van der Waals surface area contributed by atoms with Crippen LogP contribution in [0.5, 0.6) is 0 Å². The molecule has 4 aromatic rings. The number of benzene rings is 1. The molecule has 1 amide bonds. The summed E-state index contributed by atoms with van der Waals surface area (Å²) in [5, 5.41) is 5.28. The number of hydrogen-bond donors (Lipinski definition) is 1. The molecule has 28 heavy (non-hydrogen) atoms. The van der Waals surface area contributed by atoms with Crippen LogP contribution in [0.15, 0.2) is 42.7 Å². The highest BCUT2D eigenvalue weighted by Gasteiger charge is 2.33. The van der Waals surface area contributed by atoms with Gasteiger partial charge in [-0.05, 0) is 44.9 Å². The van der Waals surface area contributed by atoms with Gasteiger partial charge in [0.05, 0.1) is 28.8 Å². The third kappa shape index (κ3) is 2.66. The molecule has 142 valence electrons. The van der Waals surface area contributed by atoms with Gasteiger partial charge in [-0.3, -0.25) is 4.79 Å². The van der Waals surface area contributed by atoms with Crippen molar-refractivity contribution < 1.29 is 4.79 Å². The van der Waals surface area contributed by atoms with Crippen molar-refractivity contribution in [1.82, 2.24) is 29.6 Å². The lowest BCUT2D eigenvalue weighted by molar-refractivity contribution is 0.0730. The Morgan fingerprint density at radius 3 is 2.93 bits per heavy atom. The topological polar surface area (TPSA) is 79.7 Å². The molecule has 7 heteroatoms.